The molecule has 0 heterocycles. The van der Waals surface area contributed by atoms with E-state index < -0.39 is 28.3 Å². The molecule has 1 aliphatic rings. The molecule has 10 heteroatoms. The van der Waals surface area contributed by atoms with Gasteiger partial charge in [-0.2, -0.15) is 13.2 Å². The lowest BCUT2D eigenvalue weighted by Crippen LogP contribution is -2.28. The molecule has 0 bridgehead atoms. The number of nitrogens with one attached hydrogen (secondary N) is 1. The van der Waals surface area contributed by atoms with Gasteiger partial charge >= 0.3 is 12.1 Å². The Balaban J connectivity index is 1.94. The number of carboxylic acid groups (broad SMARTS) is 1. The average molecular weight is 376 g/mol. The van der Waals surface area contributed by atoms with Gasteiger partial charge in [0.05, 0.1) is 11.5 Å². The fourth-order valence-electron chi connectivity index (χ4n) is 3.03. The minimum absolute atomic E-state index is 0.0479. The highest BCUT2D eigenvalue weighted by Gasteiger charge is 2.38. The molecule has 26 heavy (non-hydrogen) atoms. The summed E-state index contributed by atoms with van der Waals surface area (Å²) in [5, 5.41) is 22.3. The summed E-state index contributed by atoms with van der Waals surface area (Å²) in [7, 11) is 0. The molecule has 1 aromatic rings. The monoisotopic (exact) mass is 376 g/mol. The second kappa shape index (κ2) is 8.35. The van der Waals surface area contributed by atoms with E-state index in [0.29, 0.717) is 19.4 Å². The van der Waals surface area contributed by atoms with Gasteiger partial charge < -0.3 is 15.2 Å². The van der Waals surface area contributed by atoms with E-state index in [1.165, 1.54) is 6.07 Å². The van der Waals surface area contributed by atoms with E-state index >= 15 is 0 Å². The minimum atomic E-state index is -4.81. The van der Waals surface area contributed by atoms with Crippen molar-refractivity contribution in [1.29, 1.82) is 0 Å². The highest BCUT2D eigenvalue weighted by atomic mass is 19.4. The summed E-state index contributed by atoms with van der Waals surface area (Å²) in [6, 6.07) is 2.85. The Bertz CT molecular complexity index is 658. The molecule has 144 valence electrons. The van der Waals surface area contributed by atoms with Gasteiger partial charge in [0.15, 0.2) is 0 Å². The summed E-state index contributed by atoms with van der Waals surface area (Å²) in [4.78, 5) is 20.1. The van der Waals surface area contributed by atoms with E-state index in [0.717, 1.165) is 25.0 Å². The Morgan fingerprint density at radius 3 is 2.50 bits per heavy atom. The third-order valence-electron chi connectivity index (χ3n) is 4.30. The maximum Gasteiger partial charge on any atom is 0.423 e. The highest BCUT2D eigenvalue weighted by Crippen LogP contribution is 2.38. The number of hydrogen-bond acceptors (Lipinski definition) is 5. The second-order valence-corrected chi connectivity index (χ2v) is 6.26. The van der Waals surface area contributed by atoms with E-state index in [1.807, 2.05) is 0 Å². The Labute approximate surface area is 147 Å². The predicted octanol–water partition coefficient (Wildman–Crippen LogP) is 3.69. The fourth-order valence-corrected chi connectivity index (χ4v) is 3.03. The predicted molar refractivity (Wildman–Crippen MR) is 85.9 cm³/mol. The van der Waals surface area contributed by atoms with E-state index in [4.69, 9.17) is 9.84 Å². The standard InChI is InChI=1S/C16H19F3N2O5/c17-16(18,19)13-7-12(5-6-14(13)21(24)25)20-11-3-1-10(2-4-11)8-26-9-15(22)23/h5-7,10-11,20H,1-4,8-9H2,(H,22,23). The van der Waals surface area contributed by atoms with Gasteiger partial charge in [0.1, 0.15) is 12.2 Å². The third-order valence-corrected chi connectivity index (χ3v) is 4.30. The molecule has 0 radical (unpaired) electrons. The number of halogens is 3. The zero-order valence-corrected chi connectivity index (χ0v) is 13.8. The van der Waals surface area contributed by atoms with Crippen LogP contribution in [0.2, 0.25) is 0 Å². The van der Waals surface area contributed by atoms with E-state index in [1.54, 1.807) is 0 Å². The van der Waals surface area contributed by atoms with Gasteiger partial charge in [0.25, 0.3) is 5.69 Å². The normalized spacial score (nSPS) is 20.6. The van der Waals surface area contributed by atoms with Crippen LogP contribution in [-0.2, 0) is 15.7 Å². The van der Waals surface area contributed by atoms with Crippen molar-refractivity contribution in [2.45, 2.75) is 37.9 Å². The average Bonchev–Trinajstić information content (AvgIpc) is 2.55. The van der Waals surface area contributed by atoms with Crippen LogP contribution in [0.4, 0.5) is 24.5 Å². The summed E-state index contributed by atoms with van der Waals surface area (Å²) in [6.45, 7) is -0.00400. The molecular weight excluding hydrogens is 357 g/mol. The van der Waals surface area contributed by atoms with Crippen LogP contribution >= 0.6 is 0 Å². The van der Waals surface area contributed by atoms with Crippen molar-refractivity contribution in [2.24, 2.45) is 5.92 Å². The maximum atomic E-state index is 13.0. The van der Waals surface area contributed by atoms with E-state index in [2.05, 4.69) is 5.32 Å². The Kier molecular flexibility index (Phi) is 6.41. The number of nitrogens with zero attached hydrogens (tertiary/aromatic N) is 1. The van der Waals surface area contributed by atoms with Crippen LogP contribution in [0.3, 0.4) is 0 Å². The number of nitro benzene ring substituents is 1. The molecule has 0 aromatic heterocycles. The number of benzene rings is 1. The van der Waals surface area contributed by atoms with Gasteiger partial charge in [-0.25, -0.2) is 4.79 Å². The molecule has 1 fully saturated rings. The first kappa shape index (κ1) is 20.0. The van der Waals surface area contributed by atoms with Crippen LogP contribution in [0.1, 0.15) is 31.2 Å². The number of hydrogen-bond donors (Lipinski definition) is 2. The molecule has 1 aliphatic carbocycles. The molecule has 0 unspecified atom stereocenters. The Hall–Kier alpha value is -2.36. The van der Waals surface area contributed by atoms with Crippen LogP contribution in [0.15, 0.2) is 18.2 Å². The van der Waals surface area contributed by atoms with Gasteiger partial charge in [-0.3, -0.25) is 10.1 Å². The maximum absolute atomic E-state index is 13.0. The van der Waals surface area contributed by atoms with Crippen molar-refractivity contribution in [3.63, 3.8) is 0 Å². The van der Waals surface area contributed by atoms with Crippen molar-refractivity contribution < 1.29 is 32.7 Å². The molecule has 1 aromatic carbocycles. The highest BCUT2D eigenvalue weighted by molar-refractivity contribution is 5.67. The van der Waals surface area contributed by atoms with Gasteiger partial charge in [0.2, 0.25) is 0 Å². The van der Waals surface area contributed by atoms with Gasteiger partial charge in [-0.05, 0) is 43.7 Å². The number of carboxylic acids is 1. The lowest BCUT2D eigenvalue weighted by Gasteiger charge is -2.29. The summed E-state index contributed by atoms with van der Waals surface area (Å²) in [5.41, 5.74) is -2.06. The third kappa shape index (κ3) is 5.58. The largest absolute Gasteiger partial charge is 0.480 e. The van der Waals surface area contributed by atoms with Crippen LogP contribution in [0.25, 0.3) is 0 Å². The summed E-state index contributed by atoms with van der Waals surface area (Å²) in [5.74, 6) is -0.811. The lowest BCUT2D eigenvalue weighted by atomic mass is 9.86. The topological polar surface area (TPSA) is 102 Å². The van der Waals surface area contributed by atoms with Crippen molar-refractivity contribution in [2.75, 3.05) is 18.5 Å². The quantitative estimate of drug-likeness (QED) is 0.556. The van der Waals surface area contributed by atoms with Crippen LogP contribution < -0.4 is 5.32 Å². The number of anilines is 1. The van der Waals surface area contributed by atoms with Crippen molar-refractivity contribution >= 4 is 17.3 Å². The molecule has 0 spiro atoms. The summed E-state index contributed by atoms with van der Waals surface area (Å²) >= 11 is 0. The number of nitro groups is 1. The number of ether oxygens (including phenoxy) is 1. The van der Waals surface area contributed by atoms with Crippen LogP contribution in [0.5, 0.6) is 0 Å². The first-order valence-electron chi connectivity index (χ1n) is 8.08. The number of carbonyl (C=O) groups is 1. The second-order valence-electron chi connectivity index (χ2n) is 6.26. The van der Waals surface area contributed by atoms with Crippen LogP contribution in [0, 0.1) is 16.0 Å². The van der Waals surface area contributed by atoms with Crippen molar-refractivity contribution in [1.82, 2.24) is 0 Å². The zero-order chi connectivity index (χ0) is 19.3. The van der Waals surface area contributed by atoms with Gasteiger partial charge in [0, 0.05) is 17.8 Å². The molecule has 0 saturated heterocycles. The molecule has 7 nitrogen and oxygen atoms in total. The minimum Gasteiger partial charge on any atom is -0.480 e. The fraction of sp³-hybridized carbons (Fsp3) is 0.562. The van der Waals surface area contributed by atoms with Crippen molar-refractivity contribution in [3.8, 4) is 0 Å². The SMILES string of the molecule is O=C(O)COCC1CCC(Nc2ccc([N+](=O)[O-])c(C(F)(F)F)c2)CC1. The molecule has 0 amide bonds. The number of rotatable bonds is 7. The summed E-state index contributed by atoms with van der Waals surface area (Å²) < 4.78 is 44.1. The van der Waals surface area contributed by atoms with Gasteiger partial charge in [-0.15, -0.1) is 0 Å². The molecule has 1 saturated carbocycles. The Morgan fingerprint density at radius 2 is 1.96 bits per heavy atom. The first-order chi connectivity index (χ1) is 12.2. The van der Waals surface area contributed by atoms with E-state index in [-0.39, 0.29) is 24.3 Å². The molecular formula is C16H19F3N2O5. The number of aliphatic carboxylic acids is 1. The molecule has 0 atom stereocenters. The van der Waals surface area contributed by atoms with Gasteiger partial charge in [-0.1, -0.05) is 0 Å². The first-order valence-corrected chi connectivity index (χ1v) is 8.08. The summed E-state index contributed by atoms with van der Waals surface area (Å²) in [6.07, 6.45) is -1.90. The number of alkyl halides is 3. The molecule has 2 rings (SSSR count). The molecule has 0 aliphatic heterocycles. The smallest absolute Gasteiger partial charge is 0.423 e. The lowest BCUT2D eigenvalue weighted by molar-refractivity contribution is -0.388. The zero-order valence-electron chi connectivity index (χ0n) is 13.8. The molecule has 2 N–H and O–H groups in total. The van der Waals surface area contributed by atoms with Crippen LogP contribution in [-0.4, -0.2) is 35.3 Å². The Morgan fingerprint density at radius 1 is 1.31 bits per heavy atom. The van der Waals surface area contributed by atoms with Crippen molar-refractivity contribution in [3.05, 3.63) is 33.9 Å². The van der Waals surface area contributed by atoms with E-state index in [9.17, 15) is 28.1 Å².